The number of sulfonamides is 1. The van der Waals surface area contributed by atoms with Crippen LogP contribution in [0.1, 0.15) is 61.9 Å². The van der Waals surface area contributed by atoms with Crippen LogP contribution >= 0.6 is 11.6 Å². The van der Waals surface area contributed by atoms with Crippen molar-refractivity contribution in [2.75, 3.05) is 44.2 Å². The molecule has 15 heteroatoms. The van der Waals surface area contributed by atoms with E-state index in [1.54, 1.807) is 30.5 Å². The Hall–Kier alpha value is -5.70. The smallest absolute Gasteiger partial charge is 0.312 e. The predicted molar refractivity (Wildman–Crippen MR) is 239 cm³/mol. The minimum absolute atomic E-state index is 0.0232. The number of amides is 1. The summed E-state index contributed by atoms with van der Waals surface area (Å²) in [5, 5.41) is 13.6. The number of nitro benzene ring substituents is 1. The molecule has 2 N–H and O–H groups in total. The number of pyridine rings is 1. The maximum atomic E-state index is 13.9. The van der Waals surface area contributed by atoms with Crippen molar-refractivity contribution in [2.24, 2.45) is 23.2 Å². The maximum absolute atomic E-state index is 13.9. The Labute approximate surface area is 366 Å². The molecule has 1 amide bonds. The molecule has 0 spiro atoms. The molecule has 2 aromatic heterocycles. The highest BCUT2D eigenvalue weighted by Gasteiger charge is 2.37. The van der Waals surface area contributed by atoms with E-state index in [0.717, 1.165) is 87.0 Å². The van der Waals surface area contributed by atoms with E-state index in [1.165, 1.54) is 35.0 Å². The first kappa shape index (κ1) is 41.6. The van der Waals surface area contributed by atoms with E-state index in [2.05, 4.69) is 62.6 Å². The number of nitrogens with zero attached hydrogens (tertiary/aromatic N) is 4. The second-order valence-corrected chi connectivity index (χ2v) is 19.9. The highest BCUT2D eigenvalue weighted by atomic mass is 35.5. The Bertz CT molecular complexity index is 2710. The summed E-state index contributed by atoms with van der Waals surface area (Å²) in [5.41, 5.74) is 5.26. The Morgan fingerprint density at radius 2 is 1.81 bits per heavy atom. The fourth-order valence-corrected chi connectivity index (χ4v) is 10.5. The largest absolute Gasteiger partial charge is 0.486 e. The van der Waals surface area contributed by atoms with Gasteiger partial charge >= 0.3 is 5.69 Å². The molecule has 3 heterocycles. The molecule has 1 saturated heterocycles. The van der Waals surface area contributed by atoms with E-state index < -0.39 is 31.4 Å². The summed E-state index contributed by atoms with van der Waals surface area (Å²) in [7, 11) is -4.57. The number of anilines is 1. The highest BCUT2D eigenvalue weighted by Crippen LogP contribution is 2.45. The van der Waals surface area contributed by atoms with Gasteiger partial charge < -0.3 is 19.4 Å². The first-order chi connectivity index (χ1) is 29.8. The Morgan fingerprint density at radius 3 is 2.55 bits per heavy atom. The van der Waals surface area contributed by atoms with Crippen LogP contribution in [0.2, 0.25) is 5.02 Å². The van der Waals surface area contributed by atoms with Crippen molar-refractivity contribution in [2.45, 2.75) is 50.8 Å². The lowest BCUT2D eigenvalue weighted by atomic mass is 9.72. The molecule has 1 saturated carbocycles. The number of hydrogen-bond acceptors (Lipinski definition) is 10. The van der Waals surface area contributed by atoms with E-state index in [0.29, 0.717) is 29.8 Å². The highest BCUT2D eigenvalue weighted by molar-refractivity contribution is 7.90. The molecule has 2 bridgehead atoms. The van der Waals surface area contributed by atoms with Crippen LogP contribution in [0.5, 0.6) is 17.2 Å². The quantitative estimate of drug-likeness (QED) is 0.0663. The fraction of sp³-hybridized carbons (Fsp3) is 0.362. The molecule has 322 valence electrons. The van der Waals surface area contributed by atoms with Crippen molar-refractivity contribution in [3.63, 3.8) is 0 Å². The first-order valence-corrected chi connectivity index (χ1v) is 23.0. The normalized spacial score (nSPS) is 21.1. The summed E-state index contributed by atoms with van der Waals surface area (Å²) in [6, 6.07) is 20.3. The fourth-order valence-electron chi connectivity index (χ4n) is 9.43. The summed E-state index contributed by atoms with van der Waals surface area (Å²) in [6.07, 6.45) is 12.9. The number of nitro groups is 1. The van der Waals surface area contributed by atoms with Crippen molar-refractivity contribution in [1.29, 1.82) is 0 Å². The number of H-pyrrole nitrogens is 1. The van der Waals surface area contributed by atoms with Gasteiger partial charge in [0, 0.05) is 67.1 Å². The summed E-state index contributed by atoms with van der Waals surface area (Å²) in [4.78, 5) is 37.1. The average Bonchev–Trinajstić information content (AvgIpc) is 4.02. The standard InChI is InChI=1S/C47H49ClN6O7S/c1-47(2)15-13-34(41(26-47)31-5-7-36(48)8-6-31)28-52-17-19-53(20-18-52)37-9-11-40(44(24-37)61-38-23-33-14-16-49-45(33)50-27-38)46(55)51-62(58,59)39-10-12-43(42(25-39)54(56)57)60-29-35-22-30-3-4-32(35)21-30/h3-12,14,16,23-25,27,30,32,35H,13,15,17-22,26,28-29H2,1-2H3,(H,49,50)(H,51,55)/t30-,32-,35?/m0/s1. The van der Waals surface area contributed by atoms with E-state index in [1.807, 2.05) is 18.2 Å². The number of aromatic amines is 1. The van der Waals surface area contributed by atoms with Gasteiger partial charge in [0.1, 0.15) is 17.1 Å². The number of nitrogens with one attached hydrogen (secondary N) is 2. The molecular weight excluding hydrogens is 828 g/mol. The van der Waals surface area contributed by atoms with Gasteiger partial charge in [0.2, 0.25) is 0 Å². The van der Waals surface area contributed by atoms with Crippen molar-refractivity contribution >= 4 is 55.5 Å². The monoisotopic (exact) mass is 876 g/mol. The number of piperazine rings is 1. The molecule has 3 aliphatic carbocycles. The number of hydrogen-bond donors (Lipinski definition) is 2. The van der Waals surface area contributed by atoms with Crippen LogP contribution in [0.4, 0.5) is 11.4 Å². The lowest BCUT2D eigenvalue weighted by Crippen LogP contribution is -2.47. The van der Waals surface area contributed by atoms with Crippen LogP contribution in [-0.4, -0.2) is 73.4 Å². The summed E-state index contributed by atoms with van der Waals surface area (Å²) in [5.74, 6) is 0.631. The Morgan fingerprint density at radius 1 is 1.00 bits per heavy atom. The molecule has 4 aliphatic rings. The molecular formula is C47H49ClN6O7S. The van der Waals surface area contributed by atoms with Crippen LogP contribution in [0, 0.1) is 33.3 Å². The molecule has 9 rings (SSSR count). The van der Waals surface area contributed by atoms with Crippen molar-refractivity contribution in [3.8, 4) is 17.2 Å². The molecule has 1 unspecified atom stereocenters. The molecule has 62 heavy (non-hydrogen) atoms. The number of halogens is 1. The van der Waals surface area contributed by atoms with Crippen LogP contribution in [-0.2, 0) is 10.0 Å². The van der Waals surface area contributed by atoms with Gasteiger partial charge in [0.15, 0.2) is 5.75 Å². The van der Waals surface area contributed by atoms with Gasteiger partial charge in [-0.25, -0.2) is 18.1 Å². The van der Waals surface area contributed by atoms with Gasteiger partial charge in [0.05, 0.1) is 28.2 Å². The second-order valence-electron chi connectivity index (χ2n) is 17.7. The van der Waals surface area contributed by atoms with Crippen LogP contribution in [0.3, 0.4) is 0 Å². The number of ether oxygens (including phenoxy) is 2. The zero-order valence-electron chi connectivity index (χ0n) is 34.7. The summed E-state index contributed by atoms with van der Waals surface area (Å²) >= 11 is 6.24. The number of allylic oxidation sites excluding steroid dienone is 3. The molecule has 3 atom stereocenters. The SMILES string of the molecule is CC1(C)CCC(CN2CCN(c3ccc(C(=O)NS(=O)(=O)c4ccc(OCC5C[C@H]6C=C[C@H]5C6)c([N+](=O)[O-])c4)c(Oc4cnc5[nH]ccc5c4)c3)CC2)=C(c2ccc(Cl)cc2)C1. The van der Waals surface area contributed by atoms with E-state index in [9.17, 15) is 23.3 Å². The predicted octanol–water partition coefficient (Wildman–Crippen LogP) is 9.41. The van der Waals surface area contributed by atoms with Gasteiger partial charge in [-0.15, -0.1) is 0 Å². The number of fused-ring (bicyclic) bond motifs is 3. The number of carbonyl (C=O) groups is 1. The molecule has 5 aromatic rings. The summed E-state index contributed by atoms with van der Waals surface area (Å²) in [6.45, 7) is 8.93. The van der Waals surface area contributed by atoms with Gasteiger partial charge in [-0.3, -0.25) is 19.8 Å². The van der Waals surface area contributed by atoms with Crippen LogP contribution < -0.4 is 19.1 Å². The molecule has 2 fully saturated rings. The van der Waals surface area contributed by atoms with Crippen LogP contribution in [0.15, 0.2) is 108 Å². The third-order valence-corrected chi connectivity index (χ3v) is 14.5. The zero-order valence-corrected chi connectivity index (χ0v) is 36.3. The summed E-state index contributed by atoms with van der Waals surface area (Å²) < 4.78 is 41.7. The first-order valence-electron chi connectivity index (χ1n) is 21.1. The van der Waals surface area contributed by atoms with Crippen LogP contribution in [0.25, 0.3) is 16.6 Å². The zero-order chi connectivity index (χ0) is 43.2. The third kappa shape index (κ3) is 8.95. The van der Waals surface area contributed by atoms with E-state index in [-0.39, 0.29) is 28.4 Å². The van der Waals surface area contributed by atoms with Gasteiger partial charge in [0.25, 0.3) is 15.9 Å². The van der Waals surface area contributed by atoms with E-state index in [4.69, 9.17) is 21.1 Å². The average molecular weight is 877 g/mol. The Kier molecular flexibility index (Phi) is 11.3. The number of benzene rings is 3. The van der Waals surface area contributed by atoms with Crippen molar-refractivity contribution in [1.82, 2.24) is 19.6 Å². The number of rotatable bonds is 13. The topological polar surface area (TPSA) is 160 Å². The number of aromatic nitrogens is 2. The molecule has 13 nitrogen and oxygen atoms in total. The lowest BCUT2D eigenvalue weighted by molar-refractivity contribution is -0.386. The second kappa shape index (κ2) is 16.9. The Balaban J connectivity index is 0.926. The third-order valence-electron chi connectivity index (χ3n) is 12.9. The van der Waals surface area contributed by atoms with Crippen molar-refractivity contribution < 1.29 is 27.6 Å². The maximum Gasteiger partial charge on any atom is 0.312 e. The molecule has 3 aromatic carbocycles. The minimum Gasteiger partial charge on any atom is -0.486 e. The minimum atomic E-state index is -4.57. The van der Waals surface area contributed by atoms with Gasteiger partial charge in [-0.05, 0) is 115 Å². The van der Waals surface area contributed by atoms with Gasteiger partial charge in [-0.1, -0.05) is 55.3 Å². The van der Waals surface area contributed by atoms with Gasteiger partial charge in [-0.2, -0.15) is 0 Å². The molecule has 0 radical (unpaired) electrons. The lowest BCUT2D eigenvalue weighted by Gasteiger charge is -2.39. The molecule has 1 aliphatic heterocycles. The van der Waals surface area contributed by atoms with Crippen molar-refractivity contribution in [3.05, 3.63) is 129 Å². The van der Waals surface area contributed by atoms with E-state index >= 15 is 0 Å². The number of carbonyl (C=O) groups excluding carboxylic acids is 1.